The van der Waals surface area contributed by atoms with Gasteiger partial charge in [-0.25, -0.2) is 4.98 Å². The summed E-state index contributed by atoms with van der Waals surface area (Å²) < 4.78 is 5.44. The van der Waals surface area contributed by atoms with Crippen molar-refractivity contribution in [2.75, 3.05) is 6.61 Å². The molecular formula is C12H14ClNO. The Morgan fingerprint density at radius 3 is 3.13 bits per heavy atom. The first kappa shape index (κ1) is 10.5. The van der Waals surface area contributed by atoms with Crippen molar-refractivity contribution in [2.45, 2.75) is 26.2 Å². The number of fused-ring (bicyclic) bond motifs is 1. The first-order valence-electron chi connectivity index (χ1n) is 5.22. The zero-order valence-corrected chi connectivity index (χ0v) is 9.71. The quantitative estimate of drug-likeness (QED) is 0.714. The fourth-order valence-electron chi connectivity index (χ4n) is 1.58. The van der Waals surface area contributed by atoms with E-state index in [0.29, 0.717) is 23.4 Å². The van der Waals surface area contributed by atoms with Crippen molar-refractivity contribution in [1.29, 1.82) is 0 Å². The number of nitrogens with zero attached hydrogens (tertiary/aromatic N) is 1. The highest BCUT2D eigenvalue weighted by atomic mass is 35.5. The zero-order chi connectivity index (χ0) is 10.8. The lowest BCUT2D eigenvalue weighted by atomic mass is 10.0. The number of aromatic nitrogens is 1. The minimum atomic E-state index is 0.433. The van der Waals surface area contributed by atoms with Gasteiger partial charge in [0.1, 0.15) is 6.61 Å². The molecule has 15 heavy (non-hydrogen) atoms. The highest BCUT2D eigenvalue weighted by Gasteiger charge is 2.15. The molecular weight excluding hydrogens is 210 g/mol. The van der Waals surface area contributed by atoms with Crippen LogP contribution in [0.3, 0.4) is 0 Å². The van der Waals surface area contributed by atoms with Gasteiger partial charge in [0.15, 0.2) is 10.9 Å². The molecule has 2 heterocycles. The van der Waals surface area contributed by atoms with Crippen LogP contribution >= 0.6 is 11.6 Å². The van der Waals surface area contributed by atoms with Crippen LogP contribution in [0, 0.1) is 0 Å². The maximum atomic E-state index is 6.08. The summed E-state index contributed by atoms with van der Waals surface area (Å²) in [6.07, 6.45) is 5.09. The van der Waals surface area contributed by atoms with Crippen LogP contribution < -0.4 is 4.74 Å². The standard InChI is InChI=1S/C12H14ClNO/c1-3-8(2)10-7-9-5-4-6-15-11(9)12(13)14-10/h4-5,7-8H,3,6H2,1-2H3. The average molecular weight is 224 g/mol. The molecule has 0 aromatic carbocycles. The van der Waals surface area contributed by atoms with E-state index in [1.54, 1.807) is 0 Å². The summed E-state index contributed by atoms with van der Waals surface area (Å²) in [5, 5.41) is 0.479. The predicted octanol–water partition coefficient (Wildman–Crippen LogP) is 3.65. The fraction of sp³-hybridized carbons (Fsp3) is 0.417. The predicted molar refractivity (Wildman–Crippen MR) is 62.5 cm³/mol. The summed E-state index contributed by atoms with van der Waals surface area (Å²) >= 11 is 6.08. The summed E-state index contributed by atoms with van der Waals surface area (Å²) in [5.74, 6) is 1.15. The molecule has 0 saturated heterocycles. The molecule has 2 nitrogen and oxygen atoms in total. The van der Waals surface area contributed by atoms with Crippen molar-refractivity contribution >= 4 is 17.7 Å². The van der Waals surface area contributed by atoms with Gasteiger partial charge in [-0.15, -0.1) is 0 Å². The molecule has 1 unspecified atom stereocenters. The highest BCUT2D eigenvalue weighted by molar-refractivity contribution is 6.31. The molecule has 0 radical (unpaired) electrons. The molecule has 0 N–H and O–H groups in total. The van der Waals surface area contributed by atoms with Gasteiger partial charge < -0.3 is 4.74 Å². The van der Waals surface area contributed by atoms with Crippen LogP contribution in [-0.2, 0) is 0 Å². The van der Waals surface area contributed by atoms with Gasteiger partial charge in [0, 0.05) is 11.3 Å². The summed E-state index contributed by atoms with van der Waals surface area (Å²) in [6, 6.07) is 2.06. The number of pyridine rings is 1. The van der Waals surface area contributed by atoms with Crippen molar-refractivity contribution in [3.63, 3.8) is 0 Å². The molecule has 2 rings (SSSR count). The third-order valence-corrected chi connectivity index (χ3v) is 2.97. The minimum absolute atomic E-state index is 0.433. The van der Waals surface area contributed by atoms with Gasteiger partial charge in [0.2, 0.25) is 0 Å². The SMILES string of the molecule is CCC(C)c1cc2c(c(Cl)n1)OCC=C2. The van der Waals surface area contributed by atoms with Crippen molar-refractivity contribution in [2.24, 2.45) is 0 Å². The summed E-state index contributed by atoms with van der Waals surface area (Å²) in [7, 11) is 0. The largest absolute Gasteiger partial charge is 0.486 e. The maximum Gasteiger partial charge on any atom is 0.171 e. The van der Waals surface area contributed by atoms with E-state index >= 15 is 0 Å². The van der Waals surface area contributed by atoms with Crippen LogP contribution in [0.4, 0.5) is 0 Å². The van der Waals surface area contributed by atoms with E-state index in [1.807, 2.05) is 12.2 Å². The van der Waals surface area contributed by atoms with Gasteiger partial charge in [-0.1, -0.05) is 31.5 Å². The monoisotopic (exact) mass is 223 g/mol. The number of hydrogen-bond donors (Lipinski definition) is 0. The van der Waals surface area contributed by atoms with Crippen LogP contribution in [0.2, 0.25) is 5.15 Å². The Balaban J connectivity index is 2.46. The molecule has 80 valence electrons. The molecule has 0 bridgehead atoms. The van der Waals surface area contributed by atoms with Gasteiger partial charge in [0.25, 0.3) is 0 Å². The number of rotatable bonds is 2. The van der Waals surface area contributed by atoms with Crippen LogP contribution in [0.25, 0.3) is 6.08 Å². The van der Waals surface area contributed by atoms with Crippen molar-refractivity contribution in [3.05, 3.63) is 28.6 Å². The lowest BCUT2D eigenvalue weighted by molar-refractivity contribution is 0.357. The molecule has 0 spiro atoms. The third-order valence-electron chi connectivity index (χ3n) is 2.72. The van der Waals surface area contributed by atoms with Gasteiger partial charge in [0.05, 0.1) is 0 Å². The van der Waals surface area contributed by atoms with Crippen LogP contribution in [-0.4, -0.2) is 11.6 Å². The molecule has 0 aliphatic carbocycles. The topological polar surface area (TPSA) is 22.1 Å². The summed E-state index contributed by atoms with van der Waals surface area (Å²) in [5.41, 5.74) is 2.08. The van der Waals surface area contributed by atoms with E-state index in [2.05, 4.69) is 24.9 Å². The van der Waals surface area contributed by atoms with Crippen LogP contribution in [0.15, 0.2) is 12.1 Å². The van der Waals surface area contributed by atoms with Gasteiger partial charge in [-0.2, -0.15) is 0 Å². The van der Waals surface area contributed by atoms with Crippen molar-refractivity contribution in [3.8, 4) is 5.75 Å². The second-order valence-electron chi connectivity index (χ2n) is 3.78. The van der Waals surface area contributed by atoms with Gasteiger partial charge in [-0.05, 0) is 24.5 Å². The van der Waals surface area contributed by atoms with Crippen LogP contribution in [0.1, 0.15) is 37.4 Å². The van der Waals surface area contributed by atoms with E-state index < -0.39 is 0 Å². The molecule has 1 aliphatic heterocycles. The van der Waals surface area contributed by atoms with Gasteiger partial charge >= 0.3 is 0 Å². The Bertz CT molecular complexity index is 401. The fourth-order valence-corrected chi connectivity index (χ4v) is 1.84. The van der Waals surface area contributed by atoms with E-state index in [4.69, 9.17) is 16.3 Å². The molecule has 0 amide bonds. The Kier molecular flexibility index (Phi) is 2.96. The second-order valence-corrected chi connectivity index (χ2v) is 4.14. The second kappa shape index (κ2) is 4.23. The number of ether oxygens (including phenoxy) is 1. The van der Waals surface area contributed by atoms with Crippen molar-refractivity contribution < 1.29 is 4.74 Å². The number of hydrogen-bond acceptors (Lipinski definition) is 2. The molecule has 1 aromatic rings. The molecule has 0 saturated carbocycles. The smallest absolute Gasteiger partial charge is 0.171 e. The summed E-state index contributed by atoms with van der Waals surface area (Å²) in [6.45, 7) is 4.88. The lowest BCUT2D eigenvalue weighted by Gasteiger charge is -2.16. The molecule has 3 heteroatoms. The molecule has 1 atom stereocenters. The molecule has 0 fully saturated rings. The van der Waals surface area contributed by atoms with Gasteiger partial charge in [-0.3, -0.25) is 0 Å². The lowest BCUT2D eigenvalue weighted by Crippen LogP contribution is -2.05. The first-order chi connectivity index (χ1) is 7.22. The Labute approximate surface area is 94.9 Å². The average Bonchev–Trinajstić information content (AvgIpc) is 2.28. The van der Waals surface area contributed by atoms with E-state index in [0.717, 1.165) is 17.7 Å². The Morgan fingerprint density at radius 2 is 2.40 bits per heavy atom. The molecule has 1 aliphatic rings. The normalized spacial score (nSPS) is 15.7. The first-order valence-corrected chi connectivity index (χ1v) is 5.60. The highest BCUT2D eigenvalue weighted by Crippen LogP contribution is 2.33. The van der Waals surface area contributed by atoms with Crippen molar-refractivity contribution in [1.82, 2.24) is 4.98 Å². The number of halogens is 1. The minimum Gasteiger partial charge on any atom is -0.486 e. The van der Waals surface area contributed by atoms with Crippen LogP contribution in [0.5, 0.6) is 5.75 Å². The van der Waals surface area contributed by atoms with E-state index in [9.17, 15) is 0 Å². The van der Waals surface area contributed by atoms with E-state index in [-0.39, 0.29) is 0 Å². The zero-order valence-electron chi connectivity index (χ0n) is 8.96. The maximum absolute atomic E-state index is 6.08. The Morgan fingerprint density at radius 1 is 1.60 bits per heavy atom. The Hall–Kier alpha value is -1.02. The van der Waals surface area contributed by atoms with E-state index in [1.165, 1.54) is 0 Å². The summed E-state index contributed by atoms with van der Waals surface area (Å²) in [4.78, 5) is 4.36. The molecule has 1 aromatic heterocycles. The third kappa shape index (κ3) is 2.00.